The Morgan fingerprint density at radius 1 is 1.48 bits per heavy atom. The van der Waals surface area contributed by atoms with Crippen molar-refractivity contribution in [2.75, 3.05) is 5.75 Å². The third-order valence-electron chi connectivity index (χ3n) is 3.38. The standard InChI is InChI=1S/C15H16ClNO3S/c1-9-3-4-11(7-12(9)16)5-6-14(18)17-10(2)21-8-13(17)15(19)20/h3-7,10,13H,8H2,1-2H3,(H,19,20). The summed E-state index contributed by atoms with van der Waals surface area (Å²) in [6, 6.07) is 4.75. The average Bonchev–Trinajstić information content (AvgIpc) is 2.82. The molecule has 4 nitrogen and oxygen atoms in total. The molecule has 112 valence electrons. The number of hydrogen-bond donors (Lipinski definition) is 1. The van der Waals surface area contributed by atoms with Gasteiger partial charge in [-0.05, 0) is 37.1 Å². The van der Waals surface area contributed by atoms with Gasteiger partial charge in [0.25, 0.3) is 0 Å². The van der Waals surface area contributed by atoms with Crippen LogP contribution in [0.15, 0.2) is 24.3 Å². The van der Waals surface area contributed by atoms with E-state index in [0.29, 0.717) is 10.8 Å². The molecule has 1 heterocycles. The molecule has 0 bridgehead atoms. The predicted molar refractivity (Wildman–Crippen MR) is 85.4 cm³/mol. The maximum Gasteiger partial charge on any atom is 0.327 e. The molecule has 0 aliphatic carbocycles. The average molecular weight is 326 g/mol. The minimum Gasteiger partial charge on any atom is -0.480 e. The topological polar surface area (TPSA) is 57.6 Å². The third kappa shape index (κ3) is 3.60. The third-order valence-corrected chi connectivity index (χ3v) is 5.00. The van der Waals surface area contributed by atoms with Crippen LogP contribution in [0.2, 0.25) is 5.02 Å². The quantitative estimate of drug-likeness (QED) is 0.868. The molecule has 1 aliphatic heterocycles. The van der Waals surface area contributed by atoms with Crippen LogP contribution in [-0.4, -0.2) is 39.1 Å². The van der Waals surface area contributed by atoms with Crippen LogP contribution in [0.25, 0.3) is 6.08 Å². The van der Waals surface area contributed by atoms with E-state index in [-0.39, 0.29) is 11.3 Å². The van der Waals surface area contributed by atoms with Crippen LogP contribution in [0.3, 0.4) is 0 Å². The summed E-state index contributed by atoms with van der Waals surface area (Å²) >= 11 is 7.50. The Kier molecular flexibility index (Phi) is 4.96. The van der Waals surface area contributed by atoms with Crippen LogP contribution in [0.5, 0.6) is 0 Å². The van der Waals surface area contributed by atoms with Crippen LogP contribution in [0.4, 0.5) is 0 Å². The minimum atomic E-state index is -0.966. The summed E-state index contributed by atoms with van der Waals surface area (Å²) < 4.78 is 0. The van der Waals surface area contributed by atoms with Crippen molar-refractivity contribution in [3.05, 3.63) is 40.4 Å². The number of carbonyl (C=O) groups is 2. The van der Waals surface area contributed by atoms with E-state index in [0.717, 1.165) is 11.1 Å². The fourth-order valence-corrected chi connectivity index (χ4v) is 3.50. The summed E-state index contributed by atoms with van der Waals surface area (Å²) in [6.07, 6.45) is 3.06. The number of carbonyl (C=O) groups excluding carboxylic acids is 1. The highest BCUT2D eigenvalue weighted by Crippen LogP contribution is 2.29. The first-order valence-corrected chi connectivity index (χ1v) is 7.93. The number of amides is 1. The molecule has 0 saturated carbocycles. The van der Waals surface area contributed by atoms with Crippen LogP contribution < -0.4 is 0 Å². The lowest BCUT2D eigenvalue weighted by atomic mass is 10.1. The number of carboxylic acids is 1. The van der Waals surface area contributed by atoms with Gasteiger partial charge in [-0.25, -0.2) is 4.79 Å². The molecule has 1 saturated heterocycles. The zero-order chi connectivity index (χ0) is 15.6. The first-order chi connectivity index (χ1) is 9.90. The van der Waals surface area contributed by atoms with Crippen molar-refractivity contribution >= 4 is 41.3 Å². The summed E-state index contributed by atoms with van der Waals surface area (Å²) in [5.74, 6) is -0.838. The number of benzene rings is 1. The van der Waals surface area contributed by atoms with E-state index in [2.05, 4.69) is 0 Å². The van der Waals surface area contributed by atoms with Gasteiger partial charge in [0.15, 0.2) is 0 Å². The number of rotatable bonds is 3. The van der Waals surface area contributed by atoms with Gasteiger partial charge in [0, 0.05) is 16.9 Å². The smallest absolute Gasteiger partial charge is 0.327 e. The SMILES string of the molecule is Cc1ccc(C=CC(=O)N2C(C)SCC2C(=O)O)cc1Cl. The Morgan fingerprint density at radius 2 is 2.19 bits per heavy atom. The molecular formula is C15H16ClNO3S. The summed E-state index contributed by atoms with van der Waals surface area (Å²) in [5, 5.41) is 9.66. The van der Waals surface area contributed by atoms with Crippen LogP contribution in [0.1, 0.15) is 18.1 Å². The van der Waals surface area contributed by atoms with E-state index in [1.165, 1.54) is 22.7 Å². The molecule has 1 amide bonds. The number of carboxylic acid groups (broad SMARTS) is 1. The second kappa shape index (κ2) is 6.54. The summed E-state index contributed by atoms with van der Waals surface area (Å²) in [5.41, 5.74) is 1.78. The van der Waals surface area contributed by atoms with Crippen molar-refractivity contribution in [1.29, 1.82) is 0 Å². The van der Waals surface area contributed by atoms with Gasteiger partial charge < -0.3 is 10.0 Å². The molecule has 1 N–H and O–H groups in total. The van der Waals surface area contributed by atoms with Crippen molar-refractivity contribution in [3.8, 4) is 0 Å². The molecule has 0 spiro atoms. The van der Waals surface area contributed by atoms with Crippen molar-refractivity contribution in [2.45, 2.75) is 25.3 Å². The van der Waals surface area contributed by atoms with Gasteiger partial charge in [0.1, 0.15) is 6.04 Å². The second-order valence-electron chi connectivity index (χ2n) is 4.87. The highest BCUT2D eigenvalue weighted by molar-refractivity contribution is 8.00. The van der Waals surface area contributed by atoms with E-state index < -0.39 is 12.0 Å². The van der Waals surface area contributed by atoms with Gasteiger partial charge in [0.05, 0.1) is 5.37 Å². The fourth-order valence-electron chi connectivity index (χ4n) is 2.13. The molecule has 1 fully saturated rings. The van der Waals surface area contributed by atoms with Gasteiger partial charge in [-0.3, -0.25) is 4.79 Å². The highest BCUT2D eigenvalue weighted by atomic mass is 35.5. The monoisotopic (exact) mass is 325 g/mol. The number of halogens is 1. The Bertz CT molecular complexity index is 603. The van der Waals surface area contributed by atoms with Gasteiger partial charge >= 0.3 is 5.97 Å². The van der Waals surface area contributed by atoms with Crippen LogP contribution in [0, 0.1) is 6.92 Å². The van der Waals surface area contributed by atoms with E-state index in [1.807, 2.05) is 26.0 Å². The zero-order valence-corrected chi connectivity index (χ0v) is 13.3. The molecule has 2 atom stereocenters. The molecule has 1 aliphatic rings. The molecule has 0 radical (unpaired) electrons. The van der Waals surface area contributed by atoms with Crippen LogP contribution in [-0.2, 0) is 9.59 Å². The Morgan fingerprint density at radius 3 is 2.81 bits per heavy atom. The largest absolute Gasteiger partial charge is 0.480 e. The Hall–Kier alpha value is -1.46. The molecule has 2 unspecified atom stereocenters. The molecule has 6 heteroatoms. The molecular weight excluding hydrogens is 310 g/mol. The number of aliphatic carboxylic acids is 1. The lowest BCUT2D eigenvalue weighted by Gasteiger charge is -2.23. The number of hydrogen-bond acceptors (Lipinski definition) is 3. The van der Waals surface area contributed by atoms with Gasteiger partial charge in [-0.1, -0.05) is 23.7 Å². The number of nitrogens with zero attached hydrogens (tertiary/aromatic N) is 1. The van der Waals surface area contributed by atoms with E-state index in [4.69, 9.17) is 16.7 Å². The lowest BCUT2D eigenvalue weighted by Crippen LogP contribution is -2.43. The summed E-state index contributed by atoms with van der Waals surface area (Å²) in [6.45, 7) is 3.74. The first-order valence-electron chi connectivity index (χ1n) is 6.51. The van der Waals surface area contributed by atoms with E-state index >= 15 is 0 Å². The lowest BCUT2D eigenvalue weighted by molar-refractivity contribution is -0.147. The number of aryl methyl sites for hydroxylation is 1. The zero-order valence-electron chi connectivity index (χ0n) is 11.7. The van der Waals surface area contributed by atoms with Crippen molar-refractivity contribution in [3.63, 3.8) is 0 Å². The molecule has 1 aromatic carbocycles. The Labute approximate surface area is 132 Å². The Balaban J connectivity index is 2.14. The molecule has 0 aromatic heterocycles. The fraction of sp³-hybridized carbons (Fsp3) is 0.333. The van der Waals surface area contributed by atoms with E-state index in [9.17, 15) is 9.59 Å². The highest BCUT2D eigenvalue weighted by Gasteiger charge is 2.38. The maximum atomic E-state index is 12.2. The van der Waals surface area contributed by atoms with Crippen molar-refractivity contribution < 1.29 is 14.7 Å². The van der Waals surface area contributed by atoms with Crippen LogP contribution >= 0.6 is 23.4 Å². The predicted octanol–water partition coefficient (Wildman–Crippen LogP) is 3.04. The van der Waals surface area contributed by atoms with E-state index in [1.54, 1.807) is 12.1 Å². The molecule has 1 aromatic rings. The minimum absolute atomic E-state index is 0.134. The van der Waals surface area contributed by atoms with Crippen molar-refractivity contribution in [2.24, 2.45) is 0 Å². The number of thioether (sulfide) groups is 1. The summed E-state index contributed by atoms with van der Waals surface area (Å²) in [4.78, 5) is 24.8. The second-order valence-corrected chi connectivity index (χ2v) is 6.63. The first kappa shape index (κ1) is 15.9. The maximum absolute atomic E-state index is 12.2. The summed E-state index contributed by atoms with van der Waals surface area (Å²) in [7, 11) is 0. The molecule has 2 rings (SSSR count). The van der Waals surface area contributed by atoms with Crippen molar-refractivity contribution in [1.82, 2.24) is 4.90 Å². The normalized spacial score (nSPS) is 22.0. The van der Waals surface area contributed by atoms with Gasteiger partial charge in [-0.15, -0.1) is 11.8 Å². The molecule has 21 heavy (non-hydrogen) atoms. The van der Waals surface area contributed by atoms with Gasteiger partial charge in [0.2, 0.25) is 5.91 Å². The van der Waals surface area contributed by atoms with Gasteiger partial charge in [-0.2, -0.15) is 0 Å².